The molecule has 16 heavy (non-hydrogen) atoms. The van der Waals surface area contributed by atoms with Gasteiger partial charge in [0.05, 0.1) is 4.88 Å². The molecule has 3 aromatic heterocycles. The Morgan fingerprint density at radius 3 is 3.00 bits per heavy atom. The van der Waals surface area contributed by atoms with Gasteiger partial charge in [0.2, 0.25) is 0 Å². The van der Waals surface area contributed by atoms with E-state index in [0.29, 0.717) is 10.8 Å². The third-order valence-electron chi connectivity index (χ3n) is 2.33. The summed E-state index contributed by atoms with van der Waals surface area (Å²) in [5.74, 6) is 0.812. The van der Waals surface area contributed by atoms with E-state index in [1.807, 2.05) is 9.78 Å². The Bertz CT molecular complexity index is 658. The number of nitrogens with zero attached hydrogens (tertiary/aromatic N) is 4. The van der Waals surface area contributed by atoms with Crippen molar-refractivity contribution in [2.75, 3.05) is 0 Å². The van der Waals surface area contributed by atoms with Gasteiger partial charge in [-0.25, -0.2) is 4.98 Å². The van der Waals surface area contributed by atoms with Gasteiger partial charge in [-0.2, -0.15) is 0 Å². The highest BCUT2D eigenvalue weighted by Crippen LogP contribution is 2.27. The number of thiophene rings is 1. The second-order valence-corrected chi connectivity index (χ2v) is 4.70. The van der Waals surface area contributed by atoms with Crippen molar-refractivity contribution in [3.63, 3.8) is 0 Å². The lowest BCUT2D eigenvalue weighted by Crippen LogP contribution is -1.90. The van der Waals surface area contributed by atoms with Crippen molar-refractivity contribution in [2.45, 2.75) is 6.92 Å². The van der Waals surface area contributed by atoms with E-state index in [0.717, 1.165) is 10.7 Å². The maximum absolute atomic E-state index is 5.79. The Hall–Kier alpha value is -1.46. The van der Waals surface area contributed by atoms with Crippen LogP contribution in [0.5, 0.6) is 0 Å². The highest BCUT2D eigenvalue weighted by molar-refractivity contribution is 7.13. The smallest absolute Gasteiger partial charge is 0.179 e. The first-order valence-corrected chi connectivity index (χ1v) is 5.92. The minimum atomic E-state index is 0.425. The van der Waals surface area contributed by atoms with Crippen LogP contribution in [0.25, 0.3) is 16.3 Å². The minimum absolute atomic E-state index is 0.425. The molecular weight excluding hydrogens is 244 g/mol. The molecule has 0 aliphatic rings. The zero-order valence-corrected chi connectivity index (χ0v) is 9.96. The molecule has 6 heteroatoms. The summed E-state index contributed by atoms with van der Waals surface area (Å²) in [6.45, 7) is 2.05. The topological polar surface area (TPSA) is 43.1 Å². The van der Waals surface area contributed by atoms with Crippen LogP contribution in [0.15, 0.2) is 23.8 Å². The molecule has 0 fully saturated rings. The first kappa shape index (κ1) is 9.74. The second-order valence-electron chi connectivity index (χ2n) is 3.40. The summed E-state index contributed by atoms with van der Waals surface area (Å²) in [4.78, 5) is 5.14. The number of hydrogen-bond donors (Lipinski definition) is 0. The van der Waals surface area contributed by atoms with E-state index in [2.05, 4.69) is 28.2 Å². The normalized spacial score (nSPS) is 11.1. The molecule has 0 atom stereocenters. The van der Waals surface area contributed by atoms with Crippen molar-refractivity contribution >= 4 is 28.6 Å². The molecule has 0 radical (unpaired) electrons. The van der Waals surface area contributed by atoms with E-state index in [1.165, 1.54) is 5.56 Å². The molecule has 3 rings (SSSR count). The van der Waals surface area contributed by atoms with Crippen molar-refractivity contribution in [2.24, 2.45) is 0 Å². The molecule has 0 unspecified atom stereocenters. The van der Waals surface area contributed by atoms with Crippen LogP contribution in [-0.2, 0) is 0 Å². The zero-order chi connectivity index (χ0) is 11.1. The van der Waals surface area contributed by atoms with Crippen LogP contribution in [-0.4, -0.2) is 19.6 Å². The molecule has 0 amide bonds. The van der Waals surface area contributed by atoms with E-state index in [1.54, 1.807) is 23.7 Å². The van der Waals surface area contributed by atoms with Crippen molar-refractivity contribution < 1.29 is 0 Å². The van der Waals surface area contributed by atoms with E-state index in [-0.39, 0.29) is 0 Å². The van der Waals surface area contributed by atoms with E-state index in [9.17, 15) is 0 Å². The third kappa shape index (κ3) is 1.40. The molecule has 0 spiro atoms. The summed E-state index contributed by atoms with van der Waals surface area (Å²) in [5, 5.41) is 10.7. The summed E-state index contributed by atoms with van der Waals surface area (Å²) in [6.07, 6.45) is 1.64. The van der Waals surface area contributed by atoms with Crippen LogP contribution in [0.4, 0.5) is 0 Å². The molecule has 0 aliphatic carbocycles. The summed E-state index contributed by atoms with van der Waals surface area (Å²) in [6, 6.07) is 3.76. The Morgan fingerprint density at radius 2 is 2.25 bits per heavy atom. The molecule has 3 aromatic rings. The molecule has 0 aliphatic heterocycles. The fourth-order valence-corrected chi connectivity index (χ4v) is 2.58. The van der Waals surface area contributed by atoms with Crippen molar-refractivity contribution in [1.29, 1.82) is 0 Å². The predicted molar refractivity (Wildman–Crippen MR) is 63.8 cm³/mol. The zero-order valence-electron chi connectivity index (χ0n) is 8.38. The lowest BCUT2D eigenvalue weighted by molar-refractivity contribution is 1.08. The van der Waals surface area contributed by atoms with Gasteiger partial charge >= 0.3 is 0 Å². The molecular formula is C10H7ClN4S. The van der Waals surface area contributed by atoms with Gasteiger partial charge in [-0.05, 0) is 23.9 Å². The Morgan fingerprint density at radius 1 is 1.38 bits per heavy atom. The van der Waals surface area contributed by atoms with Crippen LogP contribution in [0.3, 0.4) is 0 Å². The molecule has 0 aromatic carbocycles. The van der Waals surface area contributed by atoms with Gasteiger partial charge in [0, 0.05) is 6.07 Å². The van der Waals surface area contributed by atoms with Gasteiger partial charge in [-0.3, -0.25) is 4.40 Å². The van der Waals surface area contributed by atoms with E-state index >= 15 is 0 Å². The fraction of sp³-hybridized carbons (Fsp3) is 0.100. The molecule has 0 saturated carbocycles. The maximum atomic E-state index is 5.79. The largest absolute Gasteiger partial charge is 0.264 e. The SMILES string of the molecule is Cc1ccsc1-c1nnc2cc(Cl)ncn12. The fourth-order valence-electron chi connectivity index (χ4n) is 1.53. The quantitative estimate of drug-likeness (QED) is 0.624. The van der Waals surface area contributed by atoms with Gasteiger partial charge in [0.25, 0.3) is 0 Å². The maximum Gasteiger partial charge on any atom is 0.179 e. The second kappa shape index (κ2) is 3.54. The average molecular weight is 251 g/mol. The van der Waals surface area contributed by atoms with Crippen LogP contribution < -0.4 is 0 Å². The average Bonchev–Trinajstić information content (AvgIpc) is 2.83. The molecule has 0 bridgehead atoms. The molecule has 0 saturated heterocycles. The van der Waals surface area contributed by atoms with Crippen LogP contribution >= 0.6 is 22.9 Å². The molecule has 0 N–H and O–H groups in total. The number of fused-ring (bicyclic) bond motifs is 1. The minimum Gasteiger partial charge on any atom is -0.264 e. The monoisotopic (exact) mass is 250 g/mol. The number of aryl methyl sites for hydroxylation is 1. The van der Waals surface area contributed by atoms with E-state index in [4.69, 9.17) is 11.6 Å². The molecule has 80 valence electrons. The first-order chi connectivity index (χ1) is 7.75. The summed E-state index contributed by atoms with van der Waals surface area (Å²) in [7, 11) is 0. The van der Waals surface area contributed by atoms with Crippen LogP contribution in [0.1, 0.15) is 5.56 Å². The highest BCUT2D eigenvalue weighted by Gasteiger charge is 2.11. The predicted octanol–water partition coefficient (Wildman–Crippen LogP) is 2.81. The lowest BCUT2D eigenvalue weighted by Gasteiger charge is -1.97. The Balaban J connectivity index is 2.30. The van der Waals surface area contributed by atoms with Gasteiger partial charge in [0.1, 0.15) is 11.5 Å². The standard InChI is InChI=1S/C10H7ClN4S/c1-6-2-3-16-9(6)10-14-13-8-4-7(11)12-5-15(8)10/h2-5H,1H3. The summed E-state index contributed by atoms with van der Waals surface area (Å²) in [5.41, 5.74) is 1.90. The van der Waals surface area contributed by atoms with E-state index < -0.39 is 0 Å². The van der Waals surface area contributed by atoms with Gasteiger partial charge in [-0.15, -0.1) is 21.5 Å². The number of aromatic nitrogens is 4. The van der Waals surface area contributed by atoms with Crippen molar-refractivity contribution in [3.05, 3.63) is 34.6 Å². The lowest BCUT2D eigenvalue weighted by atomic mass is 10.3. The summed E-state index contributed by atoms with van der Waals surface area (Å²) < 4.78 is 1.84. The van der Waals surface area contributed by atoms with Crippen LogP contribution in [0.2, 0.25) is 5.15 Å². The Labute approximate surface area is 101 Å². The van der Waals surface area contributed by atoms with Gasteiger partial charge in [0.15, 0.2) is 11.5 Å². The van der Waals surface area contributed by atoms with Crippen molar-refractivity contribution in [1.82, 2.24) is 19.6 Å². The number of rotatable bonds is 1. The van der Waals surface area contributed by atoms with Gasteiger partial charge < -0.3 is 0 Å². The molecule has 3 heterocycles. The van der Waals surface area contributed by atoms with Crippen molar-refractivity contribution in [3.8, 4) is 10.7 Å². The first-order valence-electron chi connectivity index (χ1n) is 4.66. The number of hydrogen-bond acceptors (Lipinski definition) is 4. The third-order valence-corrected chi connectivity index (χ3v) is 3.55. The molecule has 4 nitrogen and oxygen atoms in total. The number of halogens is 1. The highest BCUT2D eigenvalue weighted by atomic mass is 35.5. The van der Waals surface area contributed by atoms with Crippen LogP contribution in [0, 0.1) is 6.92 Å². The summed E-state index contributed by atoms with van der Waals surface area (Å²) >= 11 is 7.44. The Kier molecular flexibility index (Phi) is 2.15. The van der Waals surface area contributed by atoms with Gasteiger partial charge in [-0.1, -0.05) is 11.6 Å².